The number of phenols is 1. The second-order valence-electron chi connectivity index (χ2n) is 6.47. The molecule has 1 unspecified atom stereocenters. The van der Waals surface area contributed by atoms with Crippen LogP contribution in [0.5, 0.6) is 5.75 Å². The maximum atomic E-state index is 12.9. The Morgan fingerprint density at radius 2 is 1.46 bits per heavy atom. The second-order valence-corrected chi connectivity index (χ2v) is 6.47. The normalized spacial score (nSPS) is 18.4. The van der Waals surface area contributed by atoms with Crippen LogP contribution in [0.4, 0.5) is 5.69 Å². The lowest BCUT2D eigenvalue weighted by atomic mass is 9.95. The van der Waals surface area contributed by atoms with Crippen LogP contribution in [0.15, 0.2) is 90.5 Å². The Kier molecular flexibility index (Phi) is 4.41. The maximum Gasteiger partial charge on any atom is 0.300 e. The van der Waals surface area contributed by atoms with E-state index in [9.17, 15) is 19.8 Å². The molecule has 4 rings (SSSR count). The van der Waals surface area contributed by atoms with Gasteiger partial charge in [-0.15, -0.1) is 0 Å². The van der Waals surface area contributed by atoms with E-state index < -0.39 is 17.7 Å². The summed E-state index contributed by atoms with van der Waals surface area (Å²) in [5, 5.41) is 20.8. The molecule has 0 aliphatic carbocycles. The van der Waals surface area contributed by atoms with E-state index in [1.807, 2.05) is 6.07 Å². The second kappa shape index (κ2) is 7.04. The number of carbonyl (C=O) groups is 2. The van der Waals surface area contributed by atoms with Gasteiger partial charge in [-0.1, -0.05) is 60.7 Å². The van der Waals surface area contributed by atoms with E-state index >= 15 is 0 Å². The molecule has 138 valence electrons. The molecule has 5 nitrogen and oxygen atoms in total. The largest absolute Gasteiger partial charge is 0.508 e. The number of benzene rings is 3. The van der Waals surface area contributed by atoms with Crippen molar-refractivity contribution in [2.24, 2.45) is 0 Å². The summed E-state index contributed by atoms with van der Waals surface area (Å²) < 4.78 is 0. The Labute approximate surface area is 161 Å². The van der Waals surface area contributed by atoms with Crippen molar-refractivity contribution in [1.29, 1.82) is 0 Å². The van der Waals surface area contributed by atoms with E-state index in [2.05, 4.69) is 0 Å². The summed E-state index contributed by atoms with van der Waals surface area (Å²) in [6, 6.07) is 22.9. The van der Waals surface area contributed by atoms with E-state index in [0.29, 0.717) is 16.8 Å². The van der Waals surface area contributed by atoms with Crippen LogP contribution in [-0.4, -0.2) is 21.9 Å². The first-order valence-corrected chi connectivity index (χ1v) is 8.78. The summed E-state index contributed by atoms with van der Waals surface area (Å²) in [5.41, 5.74) is 1.50. The molecular weight excluding hydrogens is 354 g/mol. The average molecular weight is 371 g/mol. The van der Waals surface area contributed by atoms with E-state index in [0.717, 1.165) is 0 Å². The molecule has 2 N–H and O–H groups in total. The number of aliphatic hydroxyl groups is 1. The Balaban J connectivity index is 1.96. The summed E-state index contributed by atoms with van der Waals surface area (Å²) in [6.45, 7) is 0. The predicted molar refractivity (Wildman–Crippen MR) is 106 cm³/mol. The number of aliphatic hydroxyl groups excluding tert-OH is 1. The minimum atomic E-state index is -0.852. The number of para-hydroxylation sites is 1. The van der Waals surface area contributed by atoms with E-state index in [1.54, 1.807) is 66.7 Å². The molecular formula is C23H17NO4. The molecule has 0 spiro atoms. The number of carbonyl (C=O) groups excluding carboxylic acids is 2. The summed E-state index contributed by atoms with van der Waals surface area (Å²) in [5.74, 6) is -1.72. The number of Topliss-reactive ketones (excluding diaryl/α,β-unsaturated/α-hetero) is 1. The van der Waals surface area contributed by atoms with Gasteiger partial charge in [-0.3, -0.25) is 14.5 Å². The topological polar surface area (TPSA) is 77.8 Å². The van der Waals surface area contributed by atoms with Crippen LogP contribution in [-0.2, 0) is 9.59 Å². The fourth-order valence-corrected chi connectivity index (χ4v) is 3.45. The predicted octanol–water partition coefficient (Wildman–Crippen LogP) is 4.02. The number of nitrogens with zero attached hydrogens (tertiary/aromatic N) is 1. The lowest BCUT2D eigenvalue weighted by Gasteiger charge is -2.25. The number of ketones is 1. The van der Waals surface area contributed by atoms with Crippen LogP contribution in [0.3, 0.4) is 0 Å². The van der Waals surface area contributed by atoms with Crippen LogP contribution < -0.4 is 4.90 Å². The van der Waals surface area contributed by atoms with Gasteiger partial charge in [0.05, 0.1) is 11.6 Å². The number of rotatable bonds is 3. The van der Waals surface area contributed by atoms with E-state index in [1.165, 1.54) is 17.0 Å². The van der Waals surface area contributed by atoms with Gasteiger partial charge in [0, 0.05) is 11.3 Å². The lowest BCUT2D eigenvalue weighted by Crippen LogP contribution is -2.29. The highest BCUT2D eigenvalue weighted by atomic mass is 16.3. The van der Waals surface area contributed by atoms with Crippen LogP contribution in [0.1, 0.15) is 17.2 Å². The van der Waals surface area contributed by atoms with Crippen molar-refractivity contribution in [1.82, 2.24) is 0 Å². The van der Waals surface area contributed by atoms with Gasteiger partial charge in [0.2, 0.25) is 0 Å². The van der Waals surface area contributed by atoms with E-state index in [4.69, 9.17) is 0 Å². The molecule has 1 atom stereocenters. The van der Waals surface area contributed by atoms with Crippen molar-refractivity contribution in [3.05, 3.63) is 102 Å². The molecule has 1 aliphatic rings. The molecule has 5 heteroatoms. The molecule has 28 heavy (non-hydrogen) atoms. The number of hydrogen-bond acceptors (Lipinski definition) is 4. The third-order valence-electron chi connectivity index (χ3n) is 4.71. The van der Waals surface area contributed by atoms with Crippen molar-refractivity contribution in [3.8, 4) is 5.75 Å². The lowest BCUT2D eigenvalue weighted by molar-refractivity contribution is -0.132. The minimum Gasteiger partial charge on any atom is -0.508 e. The molecule has 0 radical (unpaired) electrons. The van der Waals surface area contributed by atoms with Crippen LogP contribution in [0.25, 0.3) is 5.76 Å². The fourth-order valence-electron chi connectivity index (χ4n) is 3.45. The first kappa shape index (κ1) is 17.5. The molecule has 1 amide bonds. The molecule has 3 aromatic carbocycles. The molecule has 1 aliphatic heterocycles. The van der Waals surface area contributed by atoms with E-state index in [-0.39, 0.29) is 17.1 Å². The smallest absolute Gasteiger partial charge is 0.300 e. The van der Waals surface area contributed by atoms with Crippen LogP contribution in [0, 0.1) is 0 Å². The Morgan fingerprint density at radius 1 is 0.821 bits per heavy atom. The standard InChI is InChI=1S/C23H17NO4/c25-18-13-7-10-16(14-18)20-19(21(26)15-8-3-1-4-9-15)22(27)23(28)24(20)17-11-5-2-6-12-17/h1-14,20,25-26H/b21-19-. The zero-order chi connectivity index (χ0) is 19.7. The van der Waals surface area contributed by atoms with Crippen LogP contribution in [0.2, 0.25) is 0 Å². The maximum absolute atomic E-state index is 12.9. The van der Waals surface area contributed by atoms with Gasteiger partial charge in [-0.2, -0.15) is 0 Å². The van der Waals surface area contributed by atoms with Crippen molar-refractivity contribution in [2.45, 2.75) is 6.04 Å². The number of aromatic hydroxyl groups is 1. The highest BCUT2D eigenvalue weighted by Crippen LogP contribution is 2.42. The van der Waals surface area contributed by atoms with Gasteiger partial charge in [0.1, 0.15) is 11.5 Å². The third kappa shape index (κ3) is 2.93. The zero-order valence-corrected chi connectivity index (χ0v) is 14.8. The number of phenolic OH excluding ortho intramolecular Hbond substituents is 1. The van der Waals surface area contributed by atoms with Crippen molar-refractivity contribution in [3.63, 3.8) is 0 Å². The number of amides is 1. The summed E-state index contributed by atoms with van der Waals surface area (Å²) in [7, 11) is 0. The monoisotopic (exact) mass is 371 g/mol. The molecule has 1 fully saturated rings. The van der Waals surface area contributed by atoms with Crippen LogP contribution >= 0.6 is 0 Å². The molecule has 3 aromatic rings. The summed E-state index contributed by atoms with van der Waals surface area (Å²) in [4.78, 5) is 27.1. The van der Waals surface area contributed by atoms with Crippen molar-refractivity contribution >= 4 is 23.1 Å². The Bertz CT molecular complexity index is 1070. The SMILES string of the molecule is O=C1C(=O)N(c2ccccc2)C(c2cccc(O)c2)/C1=C(/O)c1ccccc1. The highest BCUT2D eigenvalue weighted by molar-refractivity contribution is 6.51. The third-order valence-corrected chi connectivity index (χ3v) is 4.71. The number of anilines is 1. The summed E-state index contributed by atoms with van der Waals surface area (Å²) >= 11 is 0. The Hall–Kier alpha value is -3.86. The van der Waals surface area contributed by atoms with Crippen molar-refractivity contribution in [2.75, 3.05) is 4.90 Å². The fraction of sp³-hybridized carbons (Fsp3) is 0.0435. The molecule has 0 aromatic heterocycles. The summed E-state index contributed by atoms with van der Waals surface area (Å²) in [6.07, 6.45) is 0. The first-order chi connectivity index (χ1) is 13.6. The van der Waals surface area contributed by atoms with Gasteiger partial charge in [-0.05, 0) is 29.8 Å². The zero-order valence-electron chi connectivity index (χ0n) is 14.8. The van der Waals surface area contributed by atoms with Gasteiger partial charge in [0.25, 0.3) is 11.7 Å². The van der Waals surface area contributed by atoms with Gasteiger partial charge < -0.3 is 10.2 Å². The minimum absolute atomic E-state index is 0.00865. The van der Waals surface area contributed by atoms with Gasteiger partial charge >= 0.3 is 0 Å². The molecule has 0 saturated carbocycles. The highest BCUT2D eigenvalue weighted by Gasteiger charge is 2.46. The number of hydrogen-bond donors (Lipinski definition) is 2. The molecule has 1 saturated heterocycles. The van der Waals surface area contributed by atoms with Crippen molar-refractivity contribution < 1.29 is 19.8 Å². The first-order valence-electron chi connectivity index (χ1n) is 8.78. The quantitative estimate of drug-likeness (QED) is 0.414. The van der Waals surface area contributed by atoms with Gasteiger partial charge in [-0.25, -0.2) is 0 Å². The average Bonchev–Trinajstić information content (AvgIpc) is 3.00. The molecule has 0 bridgehead atoms. The molecule has 1 heterocycles. The van der Waals surface area contributed by atoms with Gasteiger partial charge in [0.15, 0.2) is 0 Å². The Morgan fingerprint density at radius 3 is 2.11 bits per heavy atom.